The zero-order chi connectivity index (χ0) is 28.5. The van der Waals surface area contributed by atoms with Crippen molar-refractivity contribution in [2.75, 3.05) is 26.2 Å². The zero-order valence-electron chi connectivity index (χ0n) is 22.4. The van der Waals surface area contributed by atoms with Gasteiger partial charge in [-0.25, -0.2) is 9.80 Å². The highest BCUT2D eigenvalue weighted by atomic mass is 16.4. The van der Waals surface area contributed by atoms with Gasteiger partial charge in [0.15, 0.2) is 0 Å². The van der Waals surface area contributed by atoms with Crippen molar-refractivity contribution < 1.29 is 24.3 Å². The van der Waals surface area contributed by atoms with Gasteiger partial charge in [-0.05, 0) is 36.8 Å². The fourth-order valence-corrected chi connectivity index (χ4v) is 5.31. The van der Waals surface area contributed by atoms with Gasteiger partial charge < -0.3 is 20.2 Å². The summed E-state index contributed by atoms with van der Waals surface area (Å²) in [6.07, 6.45) is 6.90. The van der Waals surface area contributed by atoms with Crippen molar-refractivity contribution >= 4 is 23.8 Å². The lowest BCUT2D eigenvalue weighted by Gasteiger charge is -2.55. The van der Waals surface area contributed by atoms with Crippen molar-refractivity contribution in [3.8, 4) is 12.3 Å². The van der Waals surface area contributed by atoms with E-state index in [0.29, 0.717) is 6.54 Å². The average molecular weight is 546 g/mol. The minimum atomic E-state index is -1.06. The van der Waals surface area contributed by atoms with Crippen LogP contribution in [0.1, 0.15) is 36.8 Å². The molecule has 0 radical (unpaired) electrons. The van der Waals surface area contributed by atoms with Crippen molar-refractivity contribution in [2.45, 2.75) is 50.9 Å². The number of carbonyl (C=O) groups is 4. The molecule has 0 aliphatic carbocycles. The standard InChI is InChI=1S/C30H35N5O5/c1-2-18-33-22-27(36)34-25(16-17-28(37)38)29(39)32(19-10-9-13-23-11-5-3-6-12-23)21-26(34)35(33)30(40)31-20-24-14-7-4-8-15-24/h1,3-8,11-12,14-15,25-26H,9-10,13,16-22H2,(H,31,40)(H,37,38)/t25-,26-/m0/s1. The summed E-state index contributed by atoms with van der Waals surface area (Å²) in [7, 11) is 0. The molecule has 40 heavy (non-hydrogen) atoms. The predicted molar refractivity (Wildman–Crippen MR) is 148 cm³/mol. The first-order valence-corrected chi connectivity index (χ1v) is 13.5. The second-order valence-corrected chi connectivity index (χ2v) is 9.97. The third-order valence-corrected chi connectivity index (χ3v) is 7.22. The molecule has 4 rings (SSSR count). The molecule has 2 atom stereocenters. The Labute approximate surface area is 234 Å². The summed E-state index contributed by atoms with van der Waals surface area (Å²) >= 11 is 0. The van der Waals surface area contributed by atoms with Crippen molar-refractivity contribution in [2.24, 2.45) is 0 Å². The van der Waals surface area contributed by atoms with E-state index in [1.165, 1.54) is 20.5 Å². The number of aryl methyl sites for hydroxylation is 1. The van der Waals surface area contributed by atoms with E-state index < -0.39 is 24.2 Å². The SMILES string of the molecule is C#CCN1CC(=O)N2[C@@H](CCC(=O)O)C(=O)N(CCCCc3ccccc3)C[C@@H]2N1C(=O)NCc1ccccc1. The number of amides is 4. The molecule has 210 valence electrons. The van der Waals surface area contributed by atoms with Crippen LogP contribution in [0.25, 0.3) is 0 Å². The molecule has 2 fully saturated rings. The number of benzene rings is 2. The number of carboxylic acid groups (broad SMARTS) is 1. The minimum Gasteiger partial charge on any atom is -0.481 e. The van der Waals surface area contributed by atoms with Crippen LogP contribution >= 0.6 is 0 Å². The van der Waals surface area contributed by atoms with Crippen LogP contribution in [0.3, 0.4) is 0 Å². The average Bonchev–Trinajstić information content (AvgIpc) is 2.95. The molecule has 0 bridgehead atoms. The number of carbonyl (C=O) groups excluding carboxylic acids is 3. The highest BCUT2D eigenvalue weighted by Crippen LogP contribution is 2.29. The summed E-state index contributed by atoms with van der Waals surface area (Å²) in [5.74, 6) is 0.808. The molecular weight excluding hydrogens is 510 g/mol. The van der Waals surface area contributed by atoms with E-state index in [2.05, 4.69) is 23.4 Å². The van der Waals surface area contributed by atoms with E-state index in [9.17, 15) is 24.3 Å². The number of aliphatic carboxylic acids is 1. The summed E-state index contributed by atoms with van der Waals surface area (Å²) in [6, 6.07) is 18.1. The Hall–Kier alpha value is -4.36. The number of unbranched alkanes of at least 4 members (excludes halogenated alkanes) is 1. The van der Waals surface area contributed by atoms with Crippen LogP contribution in [0.15, 0.2) is 60.7 Å². The number of hydrazine groups is 1. The maximum Gasteiger partial charge on any atom is 0.334 e. The molecule has 2 saturated heterocycles. The summed E-state index contributed by atoms with van der Waals surface area (Å²) < 4.78 is 0. The van der Waals surface area contributed by atoms with Gasteiger partial charge in [-0.3, -0.25) is 14.4 Å². The van der Waals surface area contributed by atoms with Crippen LogP contribution in [-0.4, -0.2) is 87.1 Å². The lowest BCUT2D eigenvalue weighted by molar-refractivity contribution is -0.189. The molecule has 10 nitrogen and oxygen atoms in total. The Morgan fingerprint density at radius 3 is 2.33 bits per heavy atom. The van der Waals surface area contributed by atoms with E-state index in [1.54, 1.807) is 4.90 Å². The predicted octanol–water partition coefficient (Wildman–Crippen LogP) is 2.32. The van der Waals surface area contributed by atoms with Gasteiger partial charge in [0, 0.05) is 19.5 Å². The Morgan fingerprint density at radius 2 is 1.68 bits per heavy atom. The quantitative estimate of drug-likeness (QED) is 0.331. The Morgan fingerprint density at radius 1 is 1.00 bits per heavy atom. The fourth-order valence-electron chi connectivity index (χ4n) is 5.31. The zero-order valence-corrected chi connectivity index (χ0v) is 22.4. The minimum absolute atomic E-state index is 0.0274. The molecule has 2 aliphatic heterocycles. The molecule has 4 amide bonds. The van der Waals surface area contributed by atoms with Crippen LogP contribution in [0, 0.1) is 12.3 Å². The molecule has 2 aromatic carbocycles. The van der Waals surface area contributed by atoms with E-state index in [4.69, 9.17) is 6.42 Å². The first kappa shape index (κ1) is 28.6. The van der Waals surface area contributed by atoms with Gasteiger partial charge in [-0.2, -0.15) is 5.01 Å². The molecule has 10 heteroatoms. The van der Waals surface area contributed by atoms with Crippen LogP contribution < -0.4 is 5.32 Å². The van der Waals surface area contributed by atoms with E-state index in [1.807, 2.05) is 48.5 Å². The number of piperazine rings is 1. The summed E-state index contributed by atoms with van der Waals surface area (Å²) in [5.41, 5.74) is 2.12. The molecule has 0 aromatic heterocycles. The first-order valence-electron chi connectivity index (χ1n) is 13.5. The smallest absolute Gasteiger partial charge is 0.334 e. The van der Waals surface area contributed by atoms with Crippen LogP contribution in [0.4, 0.5) is 4.79 Å². The maximum absolute atomic E-state index is 13.6. The molecule has 2 N–H and O–H groups in total. The number of rotatable bonds is 11. The van der Waals surface area contributed by atoms with Gasteiger partial charge in [0.2, 0.25) is 11.8 Å². The highest BCUT2D eigenvalue weighted by Gasteiger charge is 2.51. The summed E-state index contributed by atoms with van der Waals surface area (Å²) in [6.45, 7) is 0.653. The normalized spacial score (nSPS) is 19.2. The van der Waals surface area contributed by atoms with E-state index in [-0.39, 0.29) is 50.8 Å². The van der Waals surface area contributed by atoms with Crippen molar-refractivity contribution in [3.63, 3.8) is 0 Å². The van der Waals surface area contributed by atoms with Crippen LogP contribution in [-0.2, 0) is 27.3 Å². The highest BCUT2D eigenvalue weighted by molar-refractivity contribution is 5.91. The molecule has 2 aromatic rings. The number of urea groups is 1. The number of carboxylic acids is 1. The van der Waals surface area contributed by atoms with Gasteiger partial charge in [0.1, 0.15) is 12.2 Å². The lowest BCUT2D eigenvalue weighted by Crippen LogP contribution is -2.76. The summed E-state index contributed by atoms with van der Waals surface area (Å²) in [5, 5.41) is 15.2. The van der Waals surface area contributed by atoms with Gasteiger partial charge in [-0.15, -0.1) is 6.42 Å². The molecular formula is C30H35N5O5. The third kappa shape index (κ3) is 6.98. The monoisotopic (exact) mass is 545 g/mol. The van der Waals surface area contributed by atoms with Crippen LogP contribution in [0.5, 0.6) is 0 Å². The number of nitrogens with zero attached hydrogens (tertiary/aromatic N) is 4. The Balaban J connectivity index is 1.54. The van der Waals surface area contributed by atoms with E-state index >= 15 is 0 Å². The van der Waals surface area contributed by atoms with Gasteiger partial charge in [0.25, 0.3) is 0 Å². The van der Waals surface area contributed by atoms with Crippen molar-refractivity contribution in [1.82, 2.24) is 25.1 Å². The molecule has 0 unspecified atom stereocenters. The first-order chi connectivity index (χ1) is 19.4. The topological polar surface area (TPSA) is 114 Å². The number of hydrogen-bond acceptors (Lipinski definition) is 5. The number of fused-ring (bicyclic) bond motifs is 1. The van der Waals surface area contributed by atoms with Gasteiger partial charge in [-0.1, -0.05) is 66.6 Å². The Kier molecular flexibility index (Phi) is 9.76. The Bertz CT molecular complexity index is 1230. The number of hydrogen-bond donors (Lipinski definition) is 2. The molecule has 0 saturated carbocycles. The third-order valence-electron chi connectivity index (χ3n) is 7.22. The molecule has 0 spiro atoms. The largest absolute Gasteiger partial charge is 0.481 e. The van der Waals surface area contributed by atoms with E-state index in [0.717, 1.165) is 24.8 Å². The summed E-state index contributed by atoms with van der Waals surface area (Å²) in [4.78, 5) is 54.9. The van der Waals surface area contributed by atoms with Gasteiger partial charge in [0.05, 0.1) is 19.6 Å². The second kappa shape index (κ2) is 13.6. The van der Waals surface area contributed by atoms with Crippen molar-refractivity contribution in [1.29, 1.82) is 0 Å². The second-order valence-electron chi connectivity index (χ2n) is 9.97. The van der Waals surface area contributed by atoms with Crippen molar-refractivity contribution in [3.05, 3.63) is 71.8 Å². The molecule has 2 aliphatic rings. The fraction of sp³-hybridized carbons (Fsp3) is 0.400. The van der Waals surface area contributed by atoms with Crippen LogP contribution in [0.2, 0.25) is 0 Å². The maximum atomic E-state index is 13.6. The number of nitrogens with one attached hydrogen (secondary N) is 1. The number of terminal acetylenes is 1. The lowest BCUT2D eigenvalue weighted by atomic mass is 10.0. The molecule has 2 heterocycles. The van der Waals surface area contributed by atoms with Gasteiger partial charge >= 0.3 is 12.0 Å².